The molecule has 6 nitrogen and oxygen atoms in total. The molecule has 7 heteroatoms. The number of hydrogen-bond donors (Lipinski definition) is 0. The van der Waals surface area contributed by atoms with Crippen LogP contribution in [0.1, 0.15) is 30.7 Å². The topological polar surface area (TPSA) is 59.7 Å². The van der Waals surface area contributed by atoms with Gasteiger partial charge in [0.15, 0.2) is 0 Å². The molecule has 1 saturated heterocycles. The second kappa shape index (κ2) is 5.64. The van der Waals surface area contributed by atoms with Gasteiger partial charge < -0.3 is 4.90 Å². The van der Waals surface area contributed by atoms with Gasteiger partial charge in [-0.2, -0.15) is 5.10 Å². The maximum atomic E-state index is 4.55. The maximum absolute atomic E-state index is 4.55. The molecule has 0 bridgehead atoms. The zero-order valence-electron chi connectivity index (χ0n) is 12.5. The van der Waals surface area contributed by atoms with Crippen LogP contribution in [-0.4, -0.2) is 37.8 Å². The molecule has 1 aliphatic rings. The van der Waals surface area contributed by atoms with E-state index in [2.05, 4.69) is 37.9 Å². The molecule has 4 rings (SSSR count). The van der Waals surface area contributed by atoms with Gasteiger partial charge in [-0.15, -0.1) is 11.3 Å². The minimum absolute atomic E-state index is 0.449. The van der Waals surface area contributed by atoms with Gasteiger partial charge in [-0.05, 0) is 25.3 Å². The number of aromatic nitrogens is 5. The van der Waals surface area contributed by atoms with Crippen LogP contribution in [0.3, 0.4) is 0 Å². The summed E-state index contributed by atoms with van der Waals surface area (Å²) in [4.78, 5) is 17.9. The summed E-state index contributed by atoms with van der Waals surface area (Å²) in [6, 6.07) is 2.70. The van der Waals surface area contributed by atoms with Gasteiger partial charge in [-0.25, -0.2) is 19.6 Å². The van der Waals surface area contributed by atoms with Crippen LogP contribution in [-0.2, 0) is 6.42 Å². The van der Waals surface area contributed by atoms with Crippen LogP contribution >= 0.6 is 11.3 Å². The number of rotatable bonds is 3. The van der Waals surface area contributed by atoms with Crippen molar-refractivity contribution in [3.05, 3.63) is 29.9 Å². The molecule has 0 radical (unpaired) electrons. The van der Waals surface area contributed by atoms with Crippen LogP contribution in [0.2, 0.25) is 0 Å². The molecule has 114 valence electrons. The quantitative estimate of drug-likeness (QED) is 0.744. The van der Waals surface area contributed by atoms with E-state index in [-0.39, 0.29) is 0 Å². The lowest BCUT2D eigenvalue weighted by molar-refractivity contribution is 0.365. The van der Waals surface area contributed by atoms with Crippen LogP contribution in [0.15, 0.2) is 25.0 Å². The first-order valence-electron chi connectivity index (χ1n) is 7.67. The minimum Gasteiger partial charge on any atom is -0.356 e. The molecule has 1 fully saturated rings. The van der Waals surface area contributed by atoms with Crippen molar-refractivity contribution in [2.24, 2.45) is 0 Å². The van der Waals surface area contributed by atoms with E-state index in [1.807, 2.05) is 11.0 Å². The van der Waals surface area contributed by atoms with E-state index in [1.165, 1.54) is 10.3 Å². The Morgan fingerprint density at radius 2 is 2.09 bits per heavy atom. The van der Waals surface area contributed by atoms with Gasteiger partial charge in [0.25, 0.3) is 0 Å². The van der Waals surface area contributed by atoms with Crippen LogP contribution in [0, 0.1) is 0 Å². The van der Waals surface area contributed by atoms with Gasteiger partial charge in [0, 0.05) is 18.0 Å². The summed E-state index contributed by atoms with van der Waals surface area (Å²) < 4.78 is 1.98. The Balaban J connectivity index is 1.57. The molecule has 0 spiro atoms. The van der Waals surface area contributed by atoms with Crippen LogP contribution in [0.4, 0.5) is 5.82 Å². The van der Waals surface area contributed by atoms with Gasteiger partial charge in [0.1, 0.15) is 29.6 Å². The average Bonchev–Trinajstić information content (AvgIpc) is 3.23. The minimum atomic E-state index is 0.449. The van der Waals surface area contributed by atoms with Crippen molar-refractivity contribution < 1.29 is 0 Å². The van der Waals surface area contributed by atoms with Crippen molar-refractivity contribution in [2.75, 3.05) is 18.0 Å². The van der Waals surface area contributed by atoms with E-state index in [0.717, 1.165) is 43.0 Å². The fourth-order valence-electron chi connectivity index (χ4n) is 3.07. The first-order valence-corrected chi connectivity index (χ1v) is 8.49. The monoisotopic (exact) mass is 314 g/mol. The molecule has 22 heavy (non-hydrogen) atoms. The number of thiophene rings is 1. The Kier molecular flexibility index (Phi) is 3.49. The Hall–Kier alpha value is -2.02. The van der Waals surface area contributed by atoms with Crippen molar-refractivity contribution in [2.45, 2.75) is 32.2 Å². The smallest absolute Gasteiger partial charge is 0.140 e. The lowest BCUT2D eigenvalue weighted by atomic mass is 10.1. The average molecular weight is 314 g/mol. The molecule has 0 aromatic carbocycles. The van der Waals surface area contributed by atoms with Crippen LogP contribution in [0.5, 0.6) is 0 Å². The summed E-state index contributed by atoms with van der Waals surface area (Å²) in [6.07, 6.45) is 8.30. The third kappa shape index (κ3) is 2.35. The molecular weight excluding hydrogens is 296 g/mol. The Labute approximate surface area is 132 Å². The number of hydrogen-bond acceptors (Lipinski definition) is 6. The molecule has 1 aliphatic heterocycles. The van der Waals surface area contributed by atoms with Gasteiger partial charge in [-0.1, -0.05) is 6.92 Å². The SMILES string of the molecule is CCc1cc2c(N3CCC(n4cncn4)CC3)ncnc2s1. The normalized spacial score (nSPS) is 16.5. The molecule has 0 atom stereocenters. The molecule has 3 aromatic heterocycles. The second-order valence-corrected chi connectivity index (χ2v) is 6.69. The van der Waals surface area contributed by atoms with Crippen molar-refractivity contribution in [3.63, 3.8) is 0 Å². The van der Waals surface area contributed by atoms with Crippen molar-refractivity contribution >= 4 is 27.4 Å². The van der Waals surface area contributed by atoms with Crippen LogP contribution in [0.25, 0.3) is 10.2 Å². The fourth-order valence-corrected chi connectivity index (χ4v) is 4.00. The number of aryl methyl sites for hydroxylation is 1. The second-order valence-electron chi connectivity index (χ2n) is 5.58. The van der Waals surface area contributed by atoms with E-state index < -0.39 is 0 Å². The third-order valence-electron chi connectivity index (χ3n) is 4.28. The molecule has 4 heterocycles. The number of anilines is 1. The summed E-state index contributed by atoms with van der Waals surface area (Å²) in [5, 5.41) is 5.46. The zero-order chi connectivity index (χ0) is 14.9. The lowest BCUT2D eigenvalue weighted by Crippen LogP contribution is -2.35. The highest BCUT2D eigenvalue weighted by Crippen LogP contribution is 2.33. The van der Waals surface area contributed by atoms with E-state index >= 15 is 0 Å². The standard InChI is InChI=1S/C15H18N6S/c1-2-12-7-13-14(17-9-18-15(13)22-12)20-5-3-11(4-6-20)21-10-16-8-19-21/h7-11H,2-6H2,1H3. The Morgan fingerprint density at radius 3 is 2.82 bits per heavy atom. The third-order valence-corrected chi connectivity index (χ3v) is 5.47. The highest BCUT2D eigenvalue weighted by Gasteiger charge is 2.23. The Bertz CT molecular complexity index is 758. The summed E-state index contributed by atoms with van der Waals surface area (Å²) in [7, 11) is 0. The number of piperidine rings is 1. The molecule has 0 saturated carbocycles. The molecular formula is C15H18N6S. The van der Waals surface area contributed by atoms with E-state index in [9.17, 15) is 0 Å². The first kappa shape index (κ1) is 13.6. The van der Waals surface area contributed by atoms with E-state index in [1.54, 1.807) is 24.0 Å². The summed E-state index contributed by atoms with van der Waals surface area (Å²) in [5.41, 5.74) is 0. The summed E-state index contributed by atoms with van der Waals surface area (Å²) >= 11 is 1.77. The van der Waals surface area contributed by atoms with Crippen LogP contribution < -0.4 is 4.90 Å². The predicted octanol–water partition coefficient (Wildman–Crippen LogP) is 2.69. The fraction of sp³-hybridized carbons (Fsp3) is 0.467. The largest absolute Gasteiger partial charge is 0.356 e. The van der Waals surface area contributed by atoms with Crippen molar-refractivity contribution in [3.8, 4) is 0 Å². The zero-order valence-corrected chi connectivity index (χ0v) is 13.3. The molecule has 3 aromatic rings. The summed E-state index contributed by atoms with van der Waals surface area (Å²) in [5.74, 6) is 1.08. The lowest BCUT2D eigenvalue weighted by Gasteiger charge is -2.32. The van der Waals surface area contributed by atoms with E-state index in [0.29, 0.717) is 6.04 Å². The summed E-state index contributed by atoms with van der Waals surface area (Å²) in [6.45, 7) is 4.17. The molecule has 0 amide bonds. The van der Waals surface area contributed by atoms with Gasteiger partial charge in [-0.3, -0.25) is 0 Å². The Morgan fingerprint density at radius 1 is 1.23 bits per heavy atom. The van der Waals surface area contributed by atoms with Crippen molar-refractivity contribution in [1.29, 1.82) is 0 Å². The van der Waals surface area contributed by atoms with Gasteiger partial charge >= 0.3 is 0 Å². The van der Waals surface area contributed by atoms with Crippen molar-refractivity contribution in [1.82, 2.24) is 24.7 Å². The number of nitrogens with zero attached hydrogens (tertiary/aromatic N) is 6. The van der Waals surface area contributed by atoms with E-state index in [4.69, 9.17) is 0 Å². The maximum Gasteiger partial charge on any atom is 0.140 e. The van der Waals surface area contributed by atoms with Gasteiger partial charge in [0.05, 0.1) is 11.4 Å². The predicted molar refractivity (Wildman–Crippen MR) is 87.3 cm³/mol. The highest BCUT2D eigenvalue weighted by atomic mass is 32.1. The molecule has 0 N–H and O–H groups in total. The first-order chi connectivity index (χ1) is 10.8. The number of fused-ring (bicyclic) bond motifs is 1. The molecule has 0 unspecified atom stereocenters. The highest BCUT2D eigenvalue weighted by molar-refractivity contribution is 7.18. The molecule has 0 aliphatic carbocycles. The van der Waals surface area contributed by atoms with Gasteiger partial charge in [0.2, 0.25) is 0 Å².